The third-order valence-corrected chi connectivity index (χ3v) is 3.22. The summed E-state index contributed by atoms with van der Waals surface area (Å²) in [6.07, 6.45) is 0. The first-order valence-electron chi connectivity index (χ1n) is 4.26. The highest BCUT2D eigenvalue weighted by Crippen LogP contribution is 2.19. The lowest BCUT2D eigenvalue weighted by molar-refractivity contribution is 0.333. The molecule has 0 aromatic heterocycles. The van der Waals surface area contributed by atoms with Gasteiger partial charge in [0, 0.05) is 0 Å². The van der Waals surface area contributed by atoms with E-state index in [-0.39, 0.29) is 4.90 Å². The largest absolute Gasteiger partial charge is 0.312 e. The second-order valence-electron chi connectivity index (χ2n) is 3.06. The third-order valence-electron chi connectivity index (χ3n) is 2.14. The standard InChI is InChI=1S/C10H9NO3S/c11-14-15(12,13)10-6-5-8-3-1-2-4-9(8)7-10/h1-7H,11H2. The Morgan fingerprint density at radius 2 is 1.67 bits per heavy atom. The van der Waals surface area contributed by atoms with Crippen LogP contribution >= 0.6 is 0 Å². The quantitative estimate of drug-likeness (QED) is 0.782. The molecule has 0 bridgehead atoms. The fourth-order valence-corrected chi connectivity index (χ4v) is 2.00. The van der Waals surface area contributed by atoms with Crippen molar-refractivity contribution in [3.05, 3.63) is 42.5 Å². The normalized spacial score (nSPS) is 11.8. The van der Waals surface area contributed by atoms with Crippen LogP contribution in [0.25, 0.3) is 10.8 Å². The van der Waals surface area contributed by atoms with Crippen LogP contribution in [0.3, 0.4) is 0 Å². The minimum Gasteiger partial charge on any atom is -0.197 e. The van der Waals surface area contributed by atoms with Gasteiger partial charge in [-0.15, -0.1) is 0 Å². The van der Waals surface area contributed by atoms with Gasteiger partial charge in [-0.25, -0.2) is 0 Å². The molecule has 4 nitrogen and oxygen atoms in total. The van der Waals surface area contributed by atoms with Crippen LogP contribution in [0.4, 0.5) is 0 Å². The first kappa shape index (κ1) is 10.1. The Balaban J connectivity index is 2.67. The Hall–Kier alpha value is -1.43. The Morgan fingerprint density at radius 3 is 2.33 bits per heavy atom. The lowest BCUT2D eigenvalue weighted by atomic mass is 10.1. The van der Waals surface area contributed by atoms with E-state index in [1.165, 1.54) is 12.1 Å². The highest BCUT2D eigenvalue weighted by Gasteiger charge is 2.13. The molecular formula is C10H9NO3S. The summed E-state index contributed by atoms with van der Waals surface area (Å²) in [5, 5.41) is 1.80. The smallest absolute Gasteiger partial charge is 0.197 e. The van der Waals surface area contributed by atoms with E-state index < -0.39 is 10.1 Å². The predicted molar refractivity (Wildman–Crippen MR) is 56.4 cm³/mol. The van der Waals surface area contributed by atoms with Crippen LogP contribution in [0.1, 0.15) is 0 Å². The molecule has 2 N–H and O–H groups in total. The molecule has 2 rings (SSSR count). The van der Waals surface area contributed by atoms with Gasteiger partial charge in [0.05, 0.1) is 4.90 Å². The van der Waals surface area contributed by atoms with E-state index in [0.717, 1.165) is 10.8 Å². The molecule has 0 heterocycles. The van der Waals surface area contributed by atoms with Crippen molar-refractivity contribution < 1.29 is 12.7 Å². The van der Waals surface area contributed by atoms with Crippen LogP contribution < -0.4 is 5.90 Å². The summed E-state index contributed by atoms with van der Waals surface area (Å²) >= 11 is 0. The van der Waals surface area contributed by atoms with Gasteiger partial charge in [0.15, 0.2) is 0 Å². The SMILES string of the molecule is NOS(=O)(=O)c1ccc2ccccc2c1. The number of rotatable bonds is 2. The van der Waals surface area contributed by atoms with Crippen LogP contribution in [0.15, 0.2) is 47.4 Å². The highest BCUT2D eigenvalue weighted by molar-refractivity contribution is 7.86. The summed E-state index contributed by atoms with van der Waals surface area (Å²) in [6.45, 7) is 0. The van der Waals surface area contributed by atoms with E-state index >= 15 is 0 Å². The van der Waals surface area contributed by atoms with Crippen LogP contribution in [-0.2, 0) is 14.4 Å². The van der Waals surface area contributed by atoms with Gasteiger partial charge in [0.1, 0.15) is 0 Å². The maximum atomic E-state index is 11.3. The Bertz CT molecular complexity index is 592. The zero-order chi connectivity index (χ0) is 10.9. The van der Waals surface area contributed by atoms with Gasteiger partial charge >= 0.3 is 10.1 Å². The minimum absolute atomic E-state index is 0.0590. The molecule has 0 fully saturated rings. The number of hydrogen-bond acceptors (Lipinski definition) is 4. The van der Waals surface area contributed by atoms with Crippen molar-refractivity contribution in [2.45, 2.75) is 4.90 Å². The molecular weight excluding hydrogens is 214 g/mol. The third kappa shape index (κ3) is 1.85. The molecule has 0 radical (unpaired) electrons. The molecule has 78 valence electrons. The molecule has 15 heavy (non-hydrogen) atoms. The van der Waals surface area contributed by atoms with Crippen molar-refractivity contribution in [2.24, 2.45) is 5.90 Å². The van der Waals surface area contributed by atoms with Crippen molar-refractivity contribution in [3.8, 4) is 0 Å². The van der Waals surface area contributed by atoms with E-state index in [4.69, 9.17) is 5.90 Å². The maximum Gasteiger partial charge on any atom is 0.312 e. The van der Waals surface area contributed by atoms with Crippen molar-refractivity contribution in [2.75, 3.05) is 0 Å². The number of nitrogens with two attached hydrogens (primary N) is 1. The predicted octanol–water partition coefficient (Wildman–Crippen LogP) is 1.42. The molecule has 0 aliphatic rings. The van der Waals surface area contributed by atoms with E-state index in [1.807, 2.05) is 24.3 Å². The van der Waals surface area contributed by atoms with Gasteiger partial charge in [-0.2, -0.15) is 18.6 Å². The first-order chi connectivity index (χ1) is 7.13. The average Bonchev–Trinajstić information content (AvgIpc) is 2.28. The fraction of sp³-hybridized carbons (Fsp3) is 0. The zero-order valence-electron chi connectivity index (χ0n) is 7.75. The van der Waals surface area contributed by atoms with Crippen LogP contribution in [0, 0.1) is 0 Å². The molecule has 0 atom stereocenters. The Kier molecular flexibility index (Phi) is 2.44. The zero-order valence-corrected chi connectivity index (χ0v) is 8.57. The topological polar surface area (TPSA) is 69.4 Å². The van der Waals surface area contributed by atoms with Gasteiger partial charge in [-0.3, -0.25) is 0 Å². The van der Waals surface area contributed by atoms with Crippen LogP contribution in [0.5, 0.6) is 0 Å². The lowest BCUT2D eigenvalue weighted by Gasteiger charge is -2.02. The van der Waals surface area contributed by atoms with E-state index in [0.29, 0.717) is 0 Å². The summed E-state index contributed by atoms with van der Waals surface area (Å²) in [6, 6.07) is 12.1. The summed E-state index contributed by atoms with van der Waals surface area (Å²) < 4.78 is 26.5. The lowest BCUT2D eigenvalue weighted by Crippen LogP contribution is -2.10. The number of hydrogen-bond donors (Lipinski definition) is 1. The molecule has 5 heteroatoms. The molecule has 0 spiro atoms. The second-order valence-corrected chi connectivity index (χ2v) is 4.63. The van der Waals surface area contributed by atoms with Gasteiger partial charge in [0.2, 0.25) is 0 Å². The molecule has 2 aromatic rings. The van der Waals surface area contributed by atoms with E-state index in [9.17, 15) is 8.42 Å². The second kappa shape index (κ2) is 3.62. The van der Waals surface area contributed by atoms with Gasteiger partial charge in [-0.1, -0.05) is 30.3 Å². The molecule has 0 aliphatic heterocycles. The Morgan fingerprint density at radius 1 is 1.00 bits per heavy atom. The van der Waals surface area contributed by atoms with Crippen LogP contribution in [0.2, 0.25) is 0 Å². The maximum absolute atomic E-state index is 11.3. The molecule has 0 unspecified atom stereocenters. The average molecular weight is 223 g/mol. The van der Waals surface area contributed by atoms with Crippen molar-refractivity contribution in [1.82, 2.24) is 0 Å². The monoisotopic (exact) mass is 223 g/mol. The summed E-state index contributed by atoms with van der Waals surface area (Å²) in [7, 11) is -3.81. The van der Waals surface area contributed by atoms with Crippen LogP contribution in [-0.4, -0.2) is 8.42 Å². The van der Waals surface area contributed by atoms with Gasteiger partial charge in [0.25, 0.3) is 0 Å². The van der Waals surface area contributed by atoms with Crippen molar-refractivity contribution in [3.63, 3.8) is 0 Å². The number of benzene rings is 2. The van der Waals surface area contributed by atoms with E-state index in [1.54, 1.807) is 6.07 Å². The molecule has 0 saturated heterocycles. The molecule has 0 aliphatic carbocycles. The van der Waals surface area contributed by atoms with Crippen molar-refractivity contribution in [1.29, 1.82) is 0 Å². The summed E-state index contributed by atoms with van der Waals surface area (Å²) in [4.78, 5) is 0.0590. The fourth-order valence-electron chi connectivity index (χ4n) is 1.38. The Labute approximate surface area is 87.4 Å². The highest BCUT2D eigenvalue weighted by atomic mass is 32.2. The molecule has 2 aromatic carbocycles. The van der Waals surface area contributed by atoms with Gasteiger partial charge < -0.3 is 0 Å². The van der Waals surface area contributed by atoms with Crippen molar-refractivity contribution >= 4 is 20.9 Å². The van der Waals surface area contributed by atoms with E-state index in [2.05, 4.69) is 4.28 Å². The minimum atomic E-state index is -3.81. The first-order valence-corrected chi connectivity index (χ1v) is 5.66. The summed E-state index contributed by atoms with van der Waals surface area (Å²) in [5.41, 5.74) is 0. The number of fused-ring (bicyclic) bond motifs is 1. The summed E-state index contributed by atoms with van der Waals surface area (Å²) in [5.74, 6) is 4.69. The molecule has 0 saturated carbocycles. The van der Waals surface area contributed by atoms with Gasteiger partial charge in [-0.05, 0) is 22.9 Å². The molecule has 0 amide bonds.